The van der Waals surface area contributed by atoms with Crippen LogP contribution in [-0.2, 0) is 9.59 Å². The van der Waals surface area contributed by atoms with E-state index < -0.39 is 0 Å². The Morgan fingerprint density at radius 1 is 1.30 bits per heavy atom. The van der Waals surface area contributed by atoms with E-state index >= 15 is 0 Å². The number of hydrogen-bond acceptors (Lipinski definition) is 2. The normalized spacial score (nSPS) is 11.8. The molecule has 0 spiro atoms. The number of halogens is 1. The lowest BCUT2D eigenvalue weighted by molar-refractivity contribution is -0.120. The standard InChI is InChI=1S/C15H21BrN2O2/c1-4-12(16)15(20)17-8-7-14(19)18-13-6-5-10(2)9-11(13)3/h5-6,9,12H,4,7-8H2,1-3H3,(H,17,20)(H,18,19). The maximum absolute atomic E-state index is 11.8. The van der Waals surface area contributed by atoms with E-state index in [0.717, 1.165) is 23.2 Å². The smallest absolute Gasteiger partial charge is 0.233 e. The van der Waals surface area contributed by atoms with E-state index in [9.17, 15) is 9.59 Å². The van der Waals surface area contributed by atoms with E-state index in [0.29, 0.717) is 6.54 Å². The Morgan fingerprint density at radius 3 is 2.60 bits per heavy atom. The molecule has 5 heteroatoms. The molecule has 1 aromatic rings. The maximum atomic E-state index is 11.8. The average Bonchev–Trinajstić information content (AvgIpc) is 2.41. The molecular formula is C15H21BrN2O2. The highest BCUT2D eigenvalue weighted by molar-refractivity contribution is 9.10. The fraction of sp³-hybridized carbons (Fsp3) is 0.467. The van der Waals surface area contributed by atoms with E-state index in [1.165, 1.54) is 0 Å². The number of rotatable bonds is 6. The number of alkyl halides is 1. The van der Waals surface area contributed by atoms with Crippen LogP contribution >= 0.6 is 15.9 Å². The average molecular weight is 341 g/mol. The molecule has 0 aromatic heterocycles. The molecule has 2 amide bonds. The summed E-state index contributed by atoms with van der Waals surface area (Å²) in [5.74, 6) is -0.174. The van der Waals surface area contributed by atoms with Crippen molar-refractivity contribution in [2.45, 2.75) is 38.4 Å². The molecule has 0 saturated carbocycles. The highest BCUT2D eigenvalue weighted by Gasteiger charge is 2.12. The predicted octanol–water partition coefficient (Wildman–Crippen LogP) is 2.92. The zero-order valence-corrected chi connectivity index (χ0v) is 13.7. The summed E-state index contributed by atoms with van der Waals surface area (Å²) < 4.78 is 0. The number of nitrogens with one attached hydrogen (secondary N) is 2. The fourth-order valence-corrected chi connectivity index (χ4v) is 1.92. The van der Waals surface area contributed by atoms with Gasteiger partial charge in [0.25, 0.3) is 0 Å². The van der Waals surface area contributed by atoms with Crippen LogP contribution in [0.1, 0.15) is 30.9 Å². The van der Waals surface area contributed by atoms with E-state index in [2.05, 4.69) is 26.6 Å². The predicted molar refractivity (Wildman–Crippen MR) is 85.2 cm³/mol. The van der Waals surface area contributed by atoms with Crippen molar-refractivity contribution in [3.8, 4) is 0 Å². The molecule has 0 heterocycles. The summed E-state index contributed by atoms with van der Waals surface area (Å²) in [7, 11) is 0. The van der Waals surface area contributed by atoms with Crippen molar-refractivity contribution in [1.82, 2.24) is 5.32 Å². The largest absolute Gasteiger partial charge is 0.355 e. The topological polar surface area (TPSA) is 58.2 Å². The van der Waals surface area contributed by atoms with Crippen LogP contribution in [0.2, 0.25) is 0 Å². The van der Waals surface area contributed by atoms with Gasteiger partial charge < -0.3 is 10.6 Å². The first-order valence-corrected chi connectivity index (χ1v) is 7.64. The molecule has 0 saturated heterocycles. The maximum Gasteiger partial charge on any atom is 0.233 e. The second-order valence-electron chi connectivity index (χ2n) is 4.78. The molecule has 0 aliphatic heterocycles. The number of amides is 2. The highest BCUT2D eigenvalue weighted by Crippen LogP contribution is 2.16. The van der Waals surface area contributed by atoms with Gasteiger partial charge in [-0.25, -0.2) is 0 Å². The van der Waals surface area contributed by atoms with Gasteiger partial charge >= 0.3 is 0 Å². The number of hydrogen-bond donors (Lipinski definition) is 2. The molecule has 1 rings (SSSR count). The molecule has 110 valence electrons. The Bertz CT molecular complexity index is 489. The van der Waals surface area contributed by atoms with Crippen molar-refractivity contribution in [2.24, 2.45) is 0 Å². The number of carbonyl (C=O) groups is 2. The van der Waals surface area contributed by atoms with Crippen LogP contribution in [0.3, 0.4) is 0 Å². The minimum Gasteiger partial charge on any atom is -0.355 e. The first-order chi connectivity index (χ1) is 9.43. The molecule has 0 fully saturated rings. The molecular weight excluding hydrogens is 320 g/mol. The Hall–Kier alpha value is -1.36. The number of anilines is 1. The Kier molecular flexibility index (Phi) is 6.71. The second-order valence-corrected chi connectivity index (χ2v) is 5.89. The summed E-state index contributed by atoms with van der Waals surface area (Å²) >= 11 is 3.27. The fourth-order valence-electron chi connectivity index (χ4n) is 1.76. The molecule has 0 aliphatic rings. The van der Waals surface area contributed by atoms with Crippen LogP contribution in [0, 0.1) is 13.8 Å². The molecule has 4 nitrogen and oxygen atoms in total. The van der Waals surface area contributed by atoms with Gasteiger partial charge in [-0.2, -0.15) is 0 Å². The molecule has 0 bridgehead atoms. The molecule has 2 N–H and O–H groups in total. The Morgan fingerprint density at radius 2 is 2.00 bits per heavy atom. The van der Waals surface area contributed by atoms with E-state index in [1.54, 1.807) is 0 Å². The third-order valence-corrected chi connectivity index (χ3v) is 4.01. The molecule has 0 radical (unpaired) electrons. The van der Waals surface area contributed by atoms with E-state index in [-0.39, 0.29) is 23.1 Å². The van der Waals surface area contributed by atoms with Gasteiger partial charge in [0.2, 0.25) is 11.8 Å². The molecule has 1 atom stereocenters. The quantitative estimate of drug-likeness (QED) is 0.782. The van der Waals surface area contributed by atoms with Gasteiger partial charge in [-0.05, 0) is 31.9 Å². The molecule has 1 aromatic carbocycles. The van der Waals surface area contributed by atoms with Crippen LogP contribution < -0.4 is 10.6 Å². The molecule has 0 aliphatic carbocycles. The lowest BCUT2D eigenvalue weighted by Crippen LogP contribution is -2.33. The number of benzene rings is 1. The Balaban J connectivity index is 2.39. The van der Waals surface area contributed by atoms with Crippen molar-refractivity contribution in [3.63, 3.8) is 0 Å². The van der Waals surface area contributed by atoms with E-state index in [1.807, 2.05) is 39.0 Å². The third-order valence-electron chi connectivity index (χ3n) is 2.95. The third kappa shape index (κ3) is 5.33. The van der Waals surface area contributed by atoms with Crippen LogP contribution in [0.5, 0.6) is 0 Å². The minimum absolute atomic E-state index is 0.0770. The van der Waals surface area contributed by atoms with Crippen LogP contribution in [0.4, 0.5) is 5.69 Å². The second kappa shape index (κ2) is 8.04. The first kappa shape index (κ1) is 16.7. The van der Waals surface area contributed by atoms with Crippen molar-refractivity contribution in [2.75, 3.05) is 11.9 Å². The van der Waals surface area contributed by atoms with Crippen LogP contribution in [0.25, 0.3) is 0 Å². The van der Waals surface area contributed by atoms with Crippen LogP contribution in [-0.4, -0.2) is 23.2 Å². The van der Waals surface area contributed by atoms with Gasteiger partial charge in [-0.1, -0.05) is 40.5 Å². The van der Waals surface area contributed by atoms with Gasteiger partial charge in [0.15, 0.2) is 0 Å². The van der Waals surface area contributed by atoms with Gasteiger partial charge in [0.05, 0.1) is 4.83 Å². The monoisotopic (exact) mass is 340 g/mol. The van der Waals surface area contributed by atoms with Crippen molar-refractivity contribution in [3.05, 3.63) is 29.3 Å². The highest BCUT2D eigenvalue weighted by atomic mass is 79.9. The number of aryl methyl sites for hydroxylation is 2. The van der Waals surface area contributed by atoms with Crippen LogP contribution in [0.15, 0.2) is 18.2 Å². The van der Waals surface area contributed by atoms with Crippen molar-refractivity contribution in [1.29, 1.82) is 0 Å². The molecule has 1 unspecified atom stereocenters. The van der Waals surface area contributed by atoms with Gasteiger partial charge in [-0.15, -0.1) is 0 Å². The van der Waals surface area contributed by atoms with Crippen molar-refractivity contribution < 1.29 is 9.59 Å². The summed E-state index contributed by atoms with van der Waals surface area (Å²) in [6.45, 7) is 6.24. The summed E-state index contributed by atoms with van der Waals surface area (Å²) in [4.78, 5) is 23.1. The molecule has 20 heavy (non-hydrogen) atoms. The summed E-state index contributed by atoms with van der Waals surface area (Å²) in [6.07, 6.45) is 0.989. The minimum atomic E-state index is -0.190. The summed E-state index contributed by atoms with van der Waals surface area (Å²) in [6, 6.07) is 5.88. The van der Waals surface area contributed by atoms with E-state index in [4.69, 9.17) is 0 Å². The number of carbonyl (C=O) groups excluding carboxylic acids is 2. The van der Waals surface area contributed by atoms with Crippen molar-refractivity contribution >= 4 is 33.4 Å². The zero-order valence-electron chi connectivity index (χ0n) is 12.1. The van der Waals surface area contributed by atoms with Gasteiger partial charge in [-0.3, -0.25) is 9.59 Å². The zero-order chi connectivity index (χ0) is 15.1. The lowest BCUT2D eigenvalue weighted by atomic mass is 10.1. The first-order valence-electron chi connectivity index (χ1n) is 6.73. The van der Waals surface area contributed by atoms with Gasteiger partial charge in [0, 0.05) is 18.7 Å². The lowest BCUT2D eigenvalue weighted by Gasteiger charge is -2.10. The summed E-state index contributed by atoms with van der Waals surface area (Å²) in [5.41, 5.74) is 3.02. The SMILES string of the molecule is CCC(Br)C(=O)NCCC(=O)Nc1ccc(C)cc1C. The van der Waals surface area contributed by atoms with Gasteiger partial charge in [0.1, 0.15) is 0 Å². The Labute approximate surface area is 128 Å². The summed E-state index contributed by atoms with van der Waals surface area (Å²) in [5, 5.41) is 5.58.